The zero-order valence-electron chi connectivity index (χ0n) is 14.7. The van der Waals surface area contributed by atoms with Gasteiger partial charge in [-0.2, -0.15) is 5.10 Å². The lowest BCUT2D eigenvalue weighted by molar-refractivity contribution is 0.103. The average molecular weight is 359 g/mol. The first-order chi connectivity index (χ1) is 12.0. The number of amides is 1. The van der Waals surface area contributed by atoms with Gasteiger partial charge in [0.25, 0.3) is 5.91 Å². The van der Waals surface area contributed by atoms with Gasteiger partial charge in [-0.15, -0.1) is 11.3 Å². The fourth-order valence-corrected chi connectivity index (χ4v) is 3.48. The van der Waals surface area contributed by atoms with Crippen LogP contribution in [0.2, 0.25) is 0 Å². The molecule has 0 aliphatic heterocycles. The number of aryl methyl sites for hydroxylation is 1. The maximum absolute atomic E-state index is 12.6. The Morgan fingerprint density at radius 3 is 2.84 bits per heavy atom. The van der Waals surface area contributed by atoms with E-state index in [-0.39, 0.29) is 12.0 Å². The van der Waals surface area contributed by atoms with Gasteiger partial charge in [0.1, 0.15) is 5.75 Å². The highest BCUT2D eigenvalue weighted by molar-refractivity contribution is 7.14. The van der Waals surface area contributed by atoms with Crippen LogP contribution >= 0.6 is 11.3 Å². The van der Waals surface area contributed by atoms with Gasteiger partial charge in [-0.25, -0.2) is 0 Å². The number of nitrogens with one attached hydrogen (secondary N) is 1. The Morgan fingerprint density at radius 2 is 2.12 bits per heavy atom. The Morgan fingerprint density at radius 1 is 1.32 bits per heavy atom. The Labute approximate surface area is 150 Å². The fourth-order valence-electron chi connectivity index (χ4n) is 2.61. The maximum Gasteiger partial charge on any atom is 0.266 e. The number of fused-ring (bicyclic) bond motifs is 1. The predicted octanol–water partition coefficient (Wildman–Crippen LogP) is 3.82. The van der Waals surface area contributed by atoms with Gasteiger partial charge in [0, 0.05) is 19.0 Å². The Hall–Kier alpha value is -2.38. The van der Waals surface area contributed by atoms with Gasteiger partial charge in [-0.3, -0.25) is 9.48 Å². The molecule has 0 saturated heterocycles. The highest BCUT2D eigenvalue weighted by Gasteiger charge is 2.18. The molecule has 2 aromatic heterocycles. The summed E-state index contributed by atoms with van der Waals surface area (Å²) in [4.78, 5) is 14.2. The third kappa shape index (κ3) is 3.67. The number of nitrogens with zero attached hydrogens (tertiary/aromatic N) is 2. The molecular formula is C18H21N3O3S. The summed E-state index contributed by atoms with van der Waals surface area (Å²) < 4.78 is 12.7. The lowest BCUT2D eigenvalue weighted by Gasteiger charge is -2.11. The molecule has 0 spiro atoms. The molecule has 1 aromatic carbocycles. The number of thiophene rings is 1. The van der Waals surface area contributed by atoms with E-state index in [0.29, 0.717) is 23.1 Å². The summed E-state index contributed by atoms with van der Waals surface area (Å²) in [6, 6.07) is 9.45. The molecule has 1 amide bonds. The molecule has 0 radical (unpaired) electrons. The molecule has 0 aliphatic carbocycles. The average Bonchev–Trinajstić information content (AvgIpc) is 3.14. The van der Waals surface area contributed by atoms with Gasteiger partial charge in [-0.1, -0.05) is 6.07 Å². The number of aromatic nitrogens is 2. The van der Waals surface area contributed by atoms with Crippen molar-refractivity contribution < 1.29 is 14.3 Å². The normalized spacial score (nSPS) is 11.2. The summed E-state index contributed by atoms with van der Waals surface area (Å²) in [5, 5.41) is 8.17. The minimum Gasteiger partial charge on any atom is -0.490 e. The first kappa shape index (κ1) is 17.4. The molecule has 0 aliphatic rings. The highest BCUT2D eigenvalue weighted by Crippen LogP contribution is 2.33. The topological polar surface area (TPSA) is 65.4 Å². The smallest absolute Gasteiger partial charge is 0.266 e. The van der Waals surface area contributed by atoms with Gasteiger partial charge in [0.15, 0.2) is 5.82 Å². The molecule has 0 fully saturated rings. The third-order valence-electron chi connectivity index (χ3n) is 3.61. The van der Waals surface area contributed by atoms with Crippen molar-refractivity contribution in [2.24, 2.45) is 7.05 Å². The second-order valence-corrected chi connectivity index (χ2v) is 7.11. The Bertz CT molecular complexity index is 898. The van der Waals surface area contributed by atoms with E-state index in [0.717, 1.165) is 15.8 Å². The molecule has 7 heteroatoms. The van der Waals surface area contributed by atoms with Crippen molar-refractivity contribution in [3.8, 4) is 5.75 Å². The lowest BCUT2D eigenvalue weighted by Crippen LogP contribution is -2.11. The van der Waals surface area contributed by atoms with Crippen molar-refractivity contribution in [2.75, 3.05) is 12.4 Å². The zero-order chi connectivity index (χ0) is 18.0. The van der Waals surface area contributed by atoms with Crippen LogP contribution in [0, 0.1) is 0 Å². The van der Waals surface area contributed by atoms with E-state index >= 15 is 0 Å². The number of rotatable bonds is 6. The van der Waals surface area contributed by atoms with Crippen LogP contribution in [-0.2, 0) is 18.4 Å². The van der Waals surface area contributed by atoms with Crippen LogP contribution in [0.15, 0.2) is 30.3 Å². The van der Waals surface area contributed by atoms with Crippen LogP contribution in [0.3, 0.4) is 0 Å². The van der Waals surface area contributed by atoms with Crippen molar-refractivity contribution in [3.05, 3.63) is 40.1 Å². The number of ether oxygens (including phenoxy) is 2. The van der Waals surface area contributed by atoms with Crippen molar-refractivity contribution in [2.45, 2.75) is 26.6 Å². The molecule has 25 heavy (non-hydrogen) atoms. The minimum atomic E-state index is -0.188. The number of hydrogen-bond donors (Lipinski definition) is 1. The minimum absolute atomic E-state index is 0.0308. The second kappa shape index (κ2) is 7.25. The van der Waals surface area contributed by atoms with Crippen molar-refractivity contribution in [1.29, 1.82) is 0 Å². The summed E-state index contributed by atoms with van der Waals surface area (Å²) in [6.45, 7) is 4.43. The molecule has 132 valence electrons. The molecular weight excluding hydrogens is 338 g/mol. The summed E-state index contributed by atoms with van der Waals surface area (Å²) in [7, 11) is 3.48. The van der Waals surface area contributed by atoms with Crippen molar-refractivity contribution >= 4 is 34.0 Å². The van der Waals surface area contributed by atoms with E-state index in [1.807, 2.05) is 45.2 Å². The third-order valence-corrected chi connectivity index (χ3v) is 4.66. The fraction of sp³-hybridized carbons (Fsp3) is 0.333. The first-order valence-corrected chi connectivity index (χ1v) is 8.82. The highest BCUT2D eigenvalue weighted by atomic mass is 32.1. The summed E-state index contributed by atoms with van der Waals surface area (Å²) in [6.07, 6.45) is 0.0308. The van der Waals surface area contributed by atoms with Gasteiger partial charge in [-0.05, 0) is 38.1 Å². The van der Waals surface area contributed by atoms with E-state index in [2.05, 4.69) is 10.4 Å². The maximum atomic E-state index is 12.6. The van der Waals surface area contributed by atoms with Crippen LogP contribution in [-0.4, -0.2) is 28.9 Å². The molecule has 2 heterocycles. The molecule has 3 aromatic rings. The van der Waals surface area contributed by atoms with E-state index in [4.69, 9.17) is 9.47 Å². The first-order valence-electron chi connectivity index (χ1n) is 8.01. The van der Waals surface area contributed by atoms with Crippen LogP contribution in [0.25, 0.3) is 10.9 Å². The number of methoxy groups -OCH3 is 1. The second-order valence-electron chi connectivity index (χ2n) is 5.94. The van der Waals surface area contributed by atoms with Crippen LogP contribution in [0.1, 0.15) is 28.4 Å². The SMILES string of the molecule is COCc1ccc(C(=O)Nc2nn(C)c3cccc(OC(C)C)c23)s1. The summed E-state index contributed by atoms with van der Waals surface area (Å²) in [5.74, 6) is 1.02. The number of hydrogen-bond acceptors (Lipinski definition) is 5. The van der Waals surface area contributed by atoms with Gasteiger partial charge in [0.05, 0.1) is 28.5 Å². The predicted molar refractivity (Wildman–Crippen MR) is 99.5 cm³/mol. The van der Waals surface area contributed by atoms with Crippen LogP contribution in [0.4, 0.5) is 5.82 Å². The van der Waals surface area contributed by atoms with E-state index in [1.54, 1.807) is 17.9 Å². The van der Waals surface area contributed by atoms with Crippen LogP contribution in [0.5, 0.6) is 5.75 Å². The largest absolute Gasteiger partial charge is 0.490 e. The molecule has 0 atom stereocenters. The molecule has 1 N–H and O–H groups in total. The number of benzene rings is 1. The van der Waals surface area contributed by atoms with Gasteiger partial charge >= 0.3 is 0 Å². The van der Waals surface area contributed by atoms with Gasteiger partial charge in [0.2, 0.25) is 0 Å². The number of carbonyl (C=O) groups excluding carboxylic acids is 1. The monoisotopic (exact) mass is 359 g/mol. The molecule has 0 saturated carbocycles. The quantitative estimate of drug-likeness (QED) is 0.727. The standard InChI is InChI=1S/C18H21N3O3S/c1-11(2)24-14-7-5-6-13-16(14)17(20-21(13)3)19-18(22)15-9-8-12(25-15)10-23-4/h5-9,11H,10H2,1-4H3,(H,19,20,22). The molecule has 3 rings (SSSR count). The number of carbonyl (C=O) groups is 1. The summed E-state index contributed by atoms with van der Waals surface area (Å²) >= 11 is 1.41. The molecule has 0 unspecified atom stereocenters. The summed E-state index contributed by atoms with van der Waals surface area (Å²) in [5.41, 5.74) is 0.903. The lowest BCUT2D eigenvalue weighted by atomic mass is 10.2. The van der Waals surface area contributed by atoms with E-state index in [1.165, 1.54) is 11.3 Å². The zero-order valence-corrected chi connectivity index (χ0v) is 15.5. The number of anilines is 1. The van der Waals surface area contributed by atoms with E-state index in [9.17, 15) is 4.79 Å². The van der Waals surface area contributed by atoms with Crippen LogP contribution < -0.4 is 10.1 Å². The van der Waals surface area contributed by atoms with Gasteiger partial charge < -0.3 is 14.8 Å². The van der Waals surface area contributed by atoms with E-state index < -0.39 is 0 Å². The van der Waals surface area contributed by atoms with Crippen molar-refractivity contribution in [3.63, 3.8) is 0 Å². The Kier molecular flexibility index (Phi) is 5.06. The van der Waals surface area contributed by atoms with Crippen molar-refractivity contribution in [1.82, 2.24) is 9.78 Å². The molecule has 6 nitrogen and oxygen atoms in total. The molecule has 0 bridgehead atoms. The Balaban J connectivity index is 1.93.